The number of carbonyl (C=O) groups is 2. The Morgan fingerprint density at radius 2 is 2.00 bits per heavy atom. The molecule has 0 unspecified atom stereocenters. The third-order valence-electron chi connectivity index (χ3n) is 3.51. The monoisotopic (exact) mass is 317 g/mol. The summed E-state index contributed by atoms with van der Waals surface area (Å²) in [6.45, 7) is 2.54. The number of hydrogen-bond acceptors (Lipinski definition) is 4. The van der Waals surface area contributed by atoms with Gasteiger partial charge in [0.15, 0.2) is 0 Å². The molecule has 4 heteroatoms. The molecule has 0 bridgehead atoms. The Bertz CT molecular complexity index is 444. The third kappa shape index (κ3) is 8.50. The highest BCUT2D eigenvalue weighted by Gasteiger charge is 2.15. The van der Waals surface area contributed by atoms with E-state index in [1.807, 2.05) is 18.2 Å². The van der Waals surface area contributed by atoms with E-state index < -0.39 is 6.10 Å². The highest BCUT2D eigenvalue weighted by molar-refractivity contribution is 5.89. The van der Waals surface area contributed by atoms with Gasteiger partial charge in [0, 0.05) is 19.3 Å². The van der Waals surface area contributed by atoms with Crippen LogP contribution in [0.15, 0.2) is 30.3 Å². The molecule has 0 aliphatic rings. The highest BCUT2D eigenvalue weighted by Crippen LogP contribution is 2.18. The first-order valence-electron chi connectivity index (χ1n) is 8.03. The Kier molecular flexibility index (Phi) is 9.96. The van der Waals surface area contributed by atoms with Gasteiger partial charge in [-0.2, -0.15) is 0 Å². The first-order valence-corrected chi connectivity index (χ1v) is 8.03. The second-order valence-corrected chi connectivity index (χ2v) is 5.42. The molecule has 0 amide bonds. The summed E-state index contributed by atoms with van der Waals surface area (Å²) in [5.74, 6) is -0.170. The van der Waals surface area contributed by atoms with Crippen molar-refractivity contribution in [1.29, 1.82) is 0 Å². The van der Waals surface area contributed by atoms with Crippen LogP contribution in [-0.4, -0.2) is 23.5 Å². The number of hydrogen-bond donors (Lipinski definition) is 1. The minimum Gasteiger partial charge on any atom is -0.464 e. The summed E-state index contributed by atoms with van der Waals surface area (Å²) in [5, 5.41) is 9.99. The van der Waals surface area contributed by atoms with Gasteiger partial charge in [-0.25, -0.2) is 0 Å². The summed E-state index contributed by atoms with van der Waals surface area (Å²) >= 11 is 0. The van der Waals surface area contributed by atoms with E-state index in [0.29, 0.717) is 6.47 Å². The molecule has 0 heterocycles. The summed E-state index contributed by atoms with van der Waals surface area (Å²) in [6.07, 6.45) is 7.53. The third-order valence-corrected chi connectivity index (χ3v) is 3.51. The number of Topliss-reactive ketones (excluding diaryl/α,β-unsaturated/α-hetero) is 1. The normalized spacial score (nSPS) is 13.3. The minimum atomic E-state index is -0.806. The maximum atomic E-state index is 11.8. The van der Waals surface area contributed by atoms with E-state index in [9.17, 15) is 14.7 Å². The van der Waals surface area contributed by atoms with Crippen LogP contribution in [0.5, 0.6) is 0 Å². The fraction of sp³-hybridized carbons (Fsp3) is 0.421. The Morgan fingerprint density at radius 3 is 2.65 bits per heavy atom. The van der Waals surface area contributed by atoms with Crippen molar-refractivity contribution in [2.45, 2.75) is 51.2 Å². The lowest BCUT2D eigenvalue weighted by Gasteiger charge is -2.14. The van der Waals surface area contributed by atoms with Crippen LogP contribution in [0, 0.1) is 19.3 Å². The molecule has 1 aromatic rings. The number of rotatable bonds is 13. The zero-order valence-corrected chi connectivity index (χ0v) is 13.6. The Balaban J connectivity index is 2.27. The van der Waals surface area contributed by atoms with Gasteiger partial charge in [-0.1, -0.05) is 50.1 Å². The lowest BCUT2D eigenvalue weighted by Crippen LogP contribution is -2.15. The largest absolute Gasteiger partial charge is 0.464 e. The SMILES string of the molecule is CCCCC[C@H]([CH][CH][CH]C(=O)C[C@@H](O)c1ccccc1)OC=O. The molecule has 0 aromatic heterocycles. The predicted octanol–water partition coefficient (Wildman–Crippen LogP) is 3.41. The van der Waals surface area contributed by atoms with Crippen LogP contribution in [0.25, 0.3) is 0 Å². The molecule has 23 heavy (non-hydrogen) atoms. The van der Waals surface area contributed by atoms with Gasteiger partial charge in [0.1, 0.15) is 11.9 Å². The number of benzene rings is 1. The summed E-state index contributed by atoms with van der Waals surface area (Å²) in [5.41, 5.74) is 0.722. The number of ether oxygens (including phenoxy) is 1. The van der Waals surface area contributed by atoms with Crippen molar-refractivity contribution in [1.82, 2.24) is 0 Å². The molecule has 0 saturated heterocycles. The second-order valence-electron chi connectivity index (χ2n) is 5.42. The van der Waals surface area contributed by atoms with Crippen molar-refractivity contribution >= 4 is 12.3 Å². The molecule has 0 aliphatic carbocycles. The van der Waals surface area contributed by atoms with Gasteiger partial charge in [-0.05, 0) is 24.8 Å². The van der Waals surface area contributed by atoms with Gasteiger partial charge in [0.05, 0.1) is 6.10 Å². The second kappa shape index (κ2) is 11.8. The molecule has 3 radical (unpaired) electrons. The number of unbranched alkanes of at least 4 members (excludes halogenated alkanes) is 2. The van der Waals surface area contributed by atoms with Crippen LogP contribution in [-0.2, 0) is 14.3 Å². The zero-order chi connectivity index (χ0) is 16.9. The van der Waals surface area contributed by atoms with Gasteiger partial charge in [-0.3, -0.25) is 9.59 Å². The topological polar surface area (TPSA) is 63.6 Å². The first-order chi connectivity index (χ1) is 11.2. The van der Waals surface area contributed by atoms with Crippen LogP contribution >= 0.6 is 0 Å². The molecule has 1 rings (SSSR count). The fourth-order valence-electron chi connectivity index (χ4n) is 2.21. The van der Waals surface area contributed by atoms with Gasteiger partial charge in [-0.15, -0.1) is 0 Å². The van der Waals surface area contributed by atoms with E-state index in [1.54, 1.807) is 25.0 Å². The quantitative estimate of drug-likeness (QED) is 0.447. The van der Waals surface area contributed by atoms with E-state index in [2.05, 4.69) is 6.92 Å². The lowest BCUT2D eigenvalue weighted by molar-refractivity contribution is -0.132. The van der Waals surface area contributed by atoms with Crippen molar-refractivity contribution in [2.24, 2.45) is 0 Å². The Hall–Kier alpha value is -1.68. The number of aliphatic hydroxyl groups is 1. The standard InChI is InChI=1S/C19H25O4/c1-2-3-5-12-18(23-15-20)13-8-11-17(21)14-19(22)16-9-6-4-7-10-16/h4,6-11,13,15,18-19,22H,2-3,5,12,14H2,1H3/t18-,19-/m1/s1. The molecule has 0 saturated carbocycles. The van der Waals surface area contributed by atoms with E-state index >= 15 is 0 Å². The fourth-order valence-corrected chi connectivity index (χ4v) is 2.21. The highest BCUT2D eigenvalue weighted by atomic mass is 16.5. The minimum absolute atomic E-state index is 0.0311. The van der Waals surface area contributed by atoms with Crippen LogP contribution < -0.4 is 0 Å². The number of carbonyl (C=O) groups excluding carboxylic acids is 2. The Labute approximate surface area is 138 Å². The maximum absolute atomic E-state index is 11.8. The van der Waals surface area contributed by atoms with Crippen molar-refractivity contribution in [3.05, 3.63) is 55.2 Å². The molecule has 1 N–H and O–H groups in total. The molecule has 0 fully saturated rings. The average Bonchev–Trinajstić information content (AvgIpc) is 2.56. The summed E-state index contributed by atoms with van der Waals surface area (Å²) in [4.78, 5) is 22.3. The van der Waals surface area contributed by atoms with Gasteiger partial charge in [0.2, 0.25) is 0 Å². The van der Waals surface area contributed by atoms with Gasteiger partial charge < -0.3 is 9.84 Å². The predicted molar refractivity (Wildman–Crippen MR) is 89.0 cm³/mol. The number of ketones is 1. The smallest absolute Gasteiger partial charge is 0.293 e. The average molecular weight is 317 g/mol. The molecular formula is C19H25O4. The molecular weight excluding hydrogens is 292 g/mol. The lowest BCUT2D eigenvalue weighted by atomic mass is 9.99. The Morgan fingerprint density at radius 1 is 1.26 bits per heavy atom. The molecule has 125 valence electrons. The van der Waals surface area contributed by atoms with E-state index in [-0.39, 0.29) is 18.3 Å². The van der Waals surface area contributed by atoms with Gasteiger partial charge >= 0.3 is 0 Å². The molecule has 0 aliphatic heterocycles. The molecule has 2 atom stereocenters. The zero-order valence-electron chi connectivity index (χ0n) is 13.6. The van der Waals surface area contributed by atoms with Crippen molar-refractivity contribution in [2.75, 3.05) is 0 Å². The van der Waals surface area contributed by atoms with E-state index in [4.69, 9.17) is 4.74 Å². The molecule has 1 aromatic carbocycles. The van der Waals surface area contributed by atoms with Crippen molar-refractivity contribution in [3.63, 3.8) is 0 Å². The first kappa shape index (κ1) is 19.4. The van der Waals surface area contributed by atoms with Crippen LogP contribution in [0.1, 0.15) is 50.7 Å². The van der Waals surface area contributed by atoms with Gasteiger partial charge in [0.25, 0.3) is 6.47 Å². The van der Waals surface area contributed by atoms with Crippen LogP contribution in [0.3, 0.4) is 0 Å². The van der Waals surface area contributed by atoms with E-state index in [1.165, 1.54) is 6.42 Å². The van der Waals surface area contributed by atoms with Crippen molar-refractivity contribution < 1.29 is 19.4 Å². The summed E-state index contributed by atoms with van der Waals surface area (Å²) in [7, 11) is 0. The summed E-state index contributed by atoms with van der Waals surface area (Å²) in [6, 6.07) is 9.08. The van der Waals surface area contributed by atoms with Crippen molar-refractivity contribution in [3.8, 4) is 0 Å². The van der Waals surface area contributed by atoms with Crippen LogP contribution in [0.4, 0.5) is 0 Å². The number of aliphatic hydroxyl groups excluding tert-OH is 1. The van der Waals surface area contributed by atoms with Crippen LogP contribution in [0.2, 0.25) is 0 Å². The summed E-state index contributed by atoms with van der Waals surface area (Å²) < 4.78 is 4.97. The molecule has 4 nitrogen and oxygen atoms in total. The van der Waals surface area contributed by atoms with E-state index in [0.717, 1.165) is 31.2 Å². The maximum Gasteiger partial charge on any atom is 0.293 e. The molecule has 0 spiro atoms.